The summed E-state index contributed by atoms with van der Waals surface area (Å²) in [6.07, 6.45) is 11.1. The standard InChI is InChI=1S/C22H30O4/c1-13-10-18-16-5-4-14-11-15(24)6-8-20(14,2)17(16)7-9-21(18,3)22(13,26)19(25)12-23/h6-8,11,13,15-16,18,23-24,26H,4-5,9-10,12H2,1-3H3/t13-,15?,16?,18?,20+,21+,22+/m1/s1. The van der Waals surface area contributed by atoms with Gasteiger partial charge < -0.3 is 15.3 Å². The normalized spacial score (nSPS) is 49.6. The third-order valence-corrected chi connectivity index (χ3v) is 8.20. The molecule has 0 aromatic rings. The molecule has 0 aromatic carbocycles. The third kappa shape index (κ3) is 2.04. The highest BCUT2D eigenvalue weighted by atomic mass is 16.3. The van der Waals surface area contributed by atoms with Gasteiger partial charge in [0.1, 0.15) is 12.2 Å². The van der Waals surface area contributed by atoms with Crippen molar-refractivity contribution in [2.45, 2.75) is 58.2 Å². The maximum absolute atomic E-state index is 12.5. The van der Waals surface area contributed by atoms with Crippen molar-refractivity contribution in [1.82, 2.24) is 0 Å². The molecule has 4 heteroatoms. The second-order valence-corrected chi connectivity index (χ2v) is 9.26. The molecule has 2 saturated carbocycles. The van der Waals surface area contributed by atoms with Crippen molar-refractivity contribution in [3.05, 3.63) is 35.5 Å². The number of Topliss-reactive ketones (excluding diaryl/α,β-unsaturated/α-hetero) is 1. The van der Waals surface area contributed by atoms with E-state index in [0.717, 1.165) is 19.3 Å². The molecule has 7 atom stereocenters. The Balaban J connectivity index is 1.78. The third-order valence-electron chi connectivity index (χ3n) is 8.20. The van der Waals surface area contributed by atoms with Gasteiger partial charge in [-0.3, -0.25) is 4.79 Å². The molecular formula is C22H30O4. The first-order valence-corrected chi connectivity index (χ1v) is 9.84. The molecule has 3 N–H and O–H groups in total. The first kappa shape index (κ1) is 18.1. The number of allylic oxidation sites excluding steroid dienone is 4. The second kappa shape index (κ2) is 5.63. The summed E-state index contributed by atoms with van der Waals surface area (Å²) in [5.74, 6) is -0.0242. The van der Waals surface area contributed by atoms with E-state index in [1.807, 2.05) is 26.0 Å². The van der Waals surface area contributed by atoms with Crippen molar-refractivity contribution >= 4 is 5.78 Å². The lowest BCUT2D eigenvalue weighted by atomic mass is 9.51. The van der Waals surface area contributed by atoms with E-state index in [9.17, 15) is 20.1 Å². The summed E-state index contributed by atoms with van der Waals surface area (Å²) in [7, 11) is 0. The van der Waals surface area contributed by atoms with Crippen LogP contribution in [0.25, 0.3) is 0 Å². The minimum Gasteiger partial charge on any atom is -0.388 e. The van der Waals surface area contributed by atoms with Crippen LogP contribution in [-0.2, 0) is 4.79 Å². The van der Waals surface area contributed by atoms with Crippen LogP contribution in [-0.4, -0.2) is 39.4 Å². The minimum absolute atomic E-state index is 0.154. The zero-order valence-corrected chi connectivity index (χ0v) is 15.9. The number of aliphatic hydroxyl groups is 3. The van der Waals surface area contributed by atoms with Gasteiger partial charge in [-0.2, -0.15) is 0 Å². The predicted molar refractivity (Wildman–Crippen MR) is 99.2 cm³/mol. The molecular weight excluding hydrogens is 328 g/mol. The maximum Gasteiger partial charge on any atom is 0.190 e. The van der Waals surface area contributed by atoms with Gasteiger partial charge in [0.05, 0.1) is 6.10 Å². The zero-order valence-electron chi connectivity index (χ0n) is 15.9. The monoisotopic (exact) mass is 358 g/mol. The minimum atomic E-state index is -1.45. The van der Waals surface area contributed by atoms with Crippen LogP contribution in [0.4, 0.5) is 0 Å². The number of ketones is 1. The number of carbonyl (C=O) groups is 1. The Bertz CT molecular complexity index is 734. The molecule has 0 aromatic heterocycles. The summed E-state index contributed by atoms with van der Waals surface area (Å²) in [6.45, 7) is 5.61. The fourth-order valence-electron chi connectivity index (χ4n) is 6.70. The molecule has 4 nitrogen and oxygen atoms in total. The smallest absolute Gasteiger partial charge is 0.190 e. The highest BCUT2D eigenvalue weighted by Crippen LogP contribution is 2.66. The molecule has 142 valence electrons. The van der Waals surface area contributed by atoms with Crippen LogP contribution in [0, 0.1) is 28.6 Å². The number of hydrogen-bond donors (Lipinski definition) is 3. The molecule has 0 saturated heterocycles. The highest BCUT2D eigenvalue weighted by Gasteiger charge is 2.66. The quantitative estimate of drug-likeness (QED) is 0.663. The van der Waals surface area contributed by atoms with Crippen LogP contribution in [0.2, 0.25) is 0 Å². The molecule has 26 heavy (non-hydrogen) atoms. The fraction of sp³-hybridized carbons (Fsp3) is 0.682. The molecule has 0 heterocycles. The van der Waals surface area contributed by atoms with E-state index >= 15 is 0 Å². The SMILES string of the molecule is C[C@@H]1CC2C3CCC4=CC(O)C=C[C@]4(C)C3=CC[C@]2(C)[C@@]1(O)C(=O)CO. The van der Waals surface area contributed by atoms with Crippen molar-refractivity contribution in [2.75, 3.05) is 6.61 Å². The average Bonchev–Trinajstić information content (AvgIpc) is 2.83. The van der Waals surface area contributed by atoms with Crippen molar-refractivity contribution in [3.8, 4) is 0 Å². The van der Waals surface area contributed by atoms with Crippen LogP contribution in [0.3, 0.4) is 0 Å². The van der Waals surface area contributed by atoms with Crippen LogP contribution in [0.5, 0.6) is 0 Å². The summed E-state index contributed by atoms with van der Waals surface area (Å²) in [5, 5.41) is 30.8. The van der Waals surface area contributed by atoms with E-state index in [4.69, 9.17) is 0 Å². The van der Waals surface area contributed by atoms with Crippen molar-refractivity contribution in [2.24, 2.45) is 28.6 Å². The van der Waals surface area contributed by atoms with Crippen LogP contribution >= 0.6 is 0 Å². The molecule has 2 fully saturated rings. The fourth-order valence-corrected chi connectivity index (χ4v) is 6.70. The molecule has 4 aliphatic rings. The Kier molecular flexibility index (Phi) is 3.93. The molecule has 3 unspecified atom stereocenters. The topological polar surface area (TPSA) is 77.8 Å². The number of aliphatic hydroxyl groups excluding tert-OH is 2. The maximum atomic E-state index is 12.5. The van der Waals surface area contributed by atoms with E-state index in [2.05, 4.69) is 19.1 Å². The zero-order chi connectivity index (χ0) is 18.9. The van der Waals surface area contributed by atoms with Gasteiger partial charge in [-0.05, 0) is 50.4 Å². The summed E-state index contributed by atoms with van der Waals surface area (Å²) in [6, 6.07) is 0. The molecule has 0 amide bonds. The molecule has 4 rings (SSSR count). The van der Waals surface area contributed by atoms with Gasteiger partial charge in [-0.15, -0.1) is 0 Å². The van der Waals surface area contributed by atoms with Gasteiger partial charge in [0, 0.05) is 10.8 Å². The van der Waals surface area contributed by atoms with Crippen molar-refractivity contribution in [1.29, 1.82) is 0 Å². The lowest BCUT2D eigenvalue weighted by Gasteiger charge is -2.53. The van der Waals surface area contributed by atoms with Crippen LogP contribution in [0.15, 0.2) is 35.5 Å². The first-order valence-electron chi connectivity index (χ1n) is 9.84. The summed E-state index contributed by atoms with van der Waals surface area (Å²) < 4.78 is 0. The van der Waals surface area contributed by atoms with Gasteiger partial charge >= 0.3 is 0 Å². The Morgan fingerprint density at radius 2 is 2.08 bits per heavy atom. The Morgan fingerprint density at radius 1 is 1.35 bits per heavy atom. The number of fused-ring (bicyclic) bond motifs is 5. The summed E-state index contributed by atoms with van der Waals surface area (Å²) in [5.41, 5.74) is 0.522. The van der Waals surface area contributed by atoms with E-state index in [1.165, 1.54) is 11.1 Å². The van der Waals surface area contributed by atoms with E-state index in [0.29, 0.717) is 12.3 Å². The van der Waals surface area contributed by atoms with E-state index in [1.54, 1.807) is 0 Å². The lowest BCUT2D eigenvalue weighted by Crippen LogP contribution is -2.57. The molecule has 4 aliphatic carbocycles. The number of rotatable bonds is 2. The van der Waals surface area contributed by atoms with Gasteiger partial charge in [0.25, 0.3) is 0 Å². The number of carbonyl (C=O) groups excluding carboxylic acids is 1. The van der Waals surface area contributed by atoms with Crippen molar-refractivity contribution < 1.29 is 20.1 Å². The highest BCUT2D eigenvalue weighted by molar-refractivity contribution is 5.90. The molecule has 0 bridgehead atoms. The lowest BCUT2D eigenvalue weighted by molar-refractivity contribution is -0.161. The summed E-state index contributed by atoms with van der Waals surface area (Å²) in [4.78, 5) is 12.5. The van der Waals surface area contributed by atoms with Crippen molar-refractivity contribution in [3.63, 3.8) is 0 Å². The summed E-state index contributed by atoms with van der Waals surface area (Å²) >= 11 is 0. The van der Waals surface area contributed by atoms with Crippen LogP contribution < -0.4 is 0 Å². The van der Waals surface area contributed by atoms with Gasteiger partial charge in [0.2, 0.25) is 0 Å². The van der Waals surface area contributed by atoms with E-state index in [-0.39, 0.29) is 17.3 Å². The average molecular weight is 358 g/mol. The number of hydrogen-bond acceptors (Lipinski definition) is 4. The molecule has 0 spiro atoms. The Labute approximate surface area is 155 Å². The Morgan fingerprint density at radius 3 is 2.77 bits per heavy atom. The second-order valence-electron chi connectivity index (χ2n) is 9.26. The Hall–Kier alpha value is -1.23. The van der Waals surface area contributed by atoms with E-state index < -0.39 is 29.5 Å². The van der Waals surface area contributed by atoms with Gasteiger partial charge in [0.15, 0.2) is 5.78 Å². The largest absolute Gasteiger partial charge is 0.388 e. The predicted octanol–water partition coefficient (Wildman–Crippen LogP) is 2.54. The van der Waals surface area contributed by atoms with Gasteiger partial charge in [-0.1, -0.05) is 49.3 Å². The first-order chi connectivity index (χ1) is 12.2. The molecule has 0 aliphatic heterocycles. The molecule has 0 radical (unpaired) electrons. The van der Waals surface area contributed by atoms with Gasteiger partial charge in [-0.25, -0.2) is 0 Å². The van der Waals surface area contributed by atoms with Crippen LogP contribution in [0.1, 0.15) is 46.5 Å².